The summed E-state index contributed by atoms with van der Waals surface area (Å²) in [6, 6.07) is 27.2. The number of nitrogens with one attached hydrogen (secondary N) is 1. The Balaban J connectivity index is 1.36. The lowest BCUT2D eigenvalue weighted by atomic mass is 10.2. The maximum atomic E-state index is 12.3. The van der Waals surface area contributed by atoms with Gasteiger partial charge in [-0.3, -0.25) is 4.79 Å². The quantitative estimate of drug-likeness (QED) is 0.527. The number of amides is 1. The summed E-state index contributed by atoms with van der Waals surface area (Å²) in [7, 11) is 1.81. The van der Waals surface area contributed by atoms with Crippen molar-refractivity contribution in [3.8, 4) is 11.5 Å². The van der Waals surface area contributed by atoms with Crippen molar-refractivity contribution in [2.24, 2.45) is 0 Å². The van der Waals surface area contributed by atoms with Crippen LogP contribution in [0.25, 0.3) is 0 Å². The van der Waals surface area contributed by atoms with Crippen LogP contribution in [0.1, 0.15) is 5.56 Å². The van der Waals surface area contributed by atoms with Gasteiger partial charge in [0.2, 0.25) is 5.91 Å². The van der Waals surface area contributed by atoms with Crippen molar-refractivity contribution in [2.75, 3.05) is 32.1 Å². The smallest absolute Gasteiger partial charge is 0.241 e. The van der Waals surface area contributed by atoms with Gasteiger partial charge in [0.1, 0.15) is 24.7 Å². The van der Waals surface area contributed by atoms with Gasteiger partial charge in [0.05, 0.1) is 6.54 Å². The number of para-hydroxylation sites is 1. The average molecular weight is 390 g/mol. The molecule has 0 aromatic heterocycles. The maximum Gasteiger partial charge on any atom is 0.241 e. The van der Waals surface area contributed by atoms with Crippen LogP contribution in [0.5, 0.6) is 11.5 Å². The van der Waals surface area contributed by atoms with Crippen LogP contribution in [0.4, 0.5) is 5.69 Å². The number of nitrogens with zero attached hydrogens (tertiary/aromatic N) is 1. The van der Waals surface area contributed by atoms with Gasteiger partial charge in [0.25, 0.3) is 0 Å². The van der Waals surface area contributed by atoms with Gasteiger partial charge >= 0.3 is 0 Å². The lowest BCUT2D eigenvalue weighted by Crippen LogP contribution is -2.31. The van der Waals surface area contributed by atoms with Crippen LogP contribution in [-0.2, 0) is 11.3 Å². The Morgan fingerprint density at radius 3 is 1.97 bits per heavy atom. The Labute approximate surface area is 171 Å². The third-order valence-electron chi connectivity index (χ3n) is 4.35. The highest BCUT2D eigenvalue weighted by atomic mass is 16.5. The van der Waals surface area contributed by atoms with Crippen LogP contribution in [0.15, 0.2) is 84.9 Å². The molecule has 0 fully saturated rings. The summed E-state index contributed by atoms with van der Waals surface area (Å²) in [5, 5.41) is 3.16. The van der Waals surface area contributed by atoms with Gasteiger partial charge in [-0.2, -0.15) is 0 Å². The van der Waals surface area contributed by atoms with E-state index in [0.717, 1.165) is 22.7 Å². The van der Waals surface area contributed by atoms with Crippen molar-refractivity contribution in [1.29, 1.82) is 0 Å². The Hall–Kier alpha value is -3.47. The molecule has 0 aliphatic heterocycles. The van der Waals surface area contributed by atoms with Gasteiger partial charge in [-0.05, 0) is 42.0 Å². The number of carbonyl (C=O) groups excluding carboxylic acids is 1. The zero-order valence-corrected chi connectivity index (χ0v) is 16.6. The molecule has 3 rings (SSSR count). The van der Waals surface area contributed by atoms with E-state index >= 15 is 0 Å². The topological polar surface area (TPSA) is 50.8 Å². The fourth-order valence-electron chi connectivity index (χ4n) is 2.76. The fourth-order valence-corrected chi connectivity index (χ4v) is 2.76. The normalized spacial score (nSPS) is 10.2. The molecule has 0 aliphatic rings. The average Bonchev–Trinajstić information content (AvgIpc) is 2.77. The minimum absolute atomic E-state index is 0.0345. The van der Waals surface area contributed by atoms with E-state index < -0.39 is 0 Å². The van der Waals surface area contributed by atoms with Gasteiger partial charge in [0, 0.05) is 19.3 Å². The summed E-state index contributed by atoms with van der Waals surface area (Å²) in [5.41, 5.74) is 1.99. The van der Waals surface area contributed by atoms with Crippen LogP contribution in [0.2, 0.25) is 0 Å². The number of carbonyl (C=O) groups is 1. The Bertz CT molecular complexity index is 868. The number of hydrogen-bond donors (Lipinski definition) is 1. The molecule has 150 valence electrons. The van der Waals surface area contributed by atoms with Crippen molar-refractivity contribution >= 4 is 11.6 Å². The monoisotopic (exact) mass is 390 g/mol. The lowest BCUT2D eigenvalue weighted by Gasteiger charge is -2.18. The summed E-state index contributed by atoms with van der Waals surface area (Å²) in [4.78, 5) is 14.0. The number of ether oxygens (including phenoxy) is 2. The fraction of sp³-hybridized carbons (Fsp3) is 0.208. The molecule has 3 aromatic rings. The zero-order valence-electron chi connectivity index (χ0n) is 16.6. The predicted octanol–water partition coefficient (Wildman–Crippen LogP) is 4.21. The van der Waals surface area contributed by atoms with Crippen LogP contribution in [0, 0.1) is 0 Å². The molecule has 29 heavy (non-hydrogen) atoms. The molecule has 1 amide bonds. The van der Waals surface area contributed by atoms with E-state index in [1.54, 1.807) is 4.90 Å². The molecule has 0 saturated heterocycles. The molecule has 0 bridgehead atoms. The lowest BCUT2D eigenvalue weighted by molar-refractivity contribution is -0.128. The molecular formula is C24H26N2O3. The molecule has 5 nitrogen and oxygen atoms in total. The van der Waals surface area contributed by atoms with Crippen molar-refractivity contribution in [2.45, 2.75) is 6.54 Å². The first-order chi connectivity index (χ1) is 14.2. The minimum atomic E-state index is 0.0345. The number of likely N-dealkylation sites (N-methyl/N-ethyl adjacent to an activating group) is 1. The molecule has 0 heterocycles. The molecule has 0 spiro atoms. The third-order valence-corrected chi connectivity index (χ3v) is 4.35. The molecule has 0 atom stereocenters. The van der Waals surface area contributed by atoms with E-state index in [4.69, 9.17) is 9.47 Å². The number of benzene rings is 3. The molecule has 0 aliphatic carbocycles. The van der Waals surface area contributed by atoms with Crippen molar-refractivity contribution in [3.63, 3.8) is 0 Å². The summed E-state index contributed by atoms with van der Waals surface area (Å²) < 4.78 is 11.3. The van der Waals surface area contributed by atoms with E-state index in [1.165, 1.54) is 0 Å². The first-order valence-electron chi connectivity index (χ1n) is 9.63. The third kappa shape index (κ3) is 6.88. The highest BCUT2D eigenvalue weighted by Gasteiger charge is 2.09. The van der Waals surface area contributed by atoms with Crippen LogP contribution >= 0.6 is 0 Å². The van der Waals surface area contributed by atoms with Gasteiger partial charge in [-0.1, -0.05) is 48.5 Å². The summed E-state index contributed by atoms with van der Waals surface area (Å²) >= 11 is 0. The van der Waals surface area contributed by atoms with E-state index in [2.05, 4.69) is 5.32 Å². The standard InChI is InChI=1S/C24H26N2O3/c1-26(19-20-8-4-2-5-9-20)24(27)18-25-21-12-14-23(15-13-21)29-17-16-28-22-10-6-3-7-11-22/h2-15,25H,16-19H2,1H3. The molecule has 5 heteroatoms. The van der Waals surface area contributed by atoms with Crippen molar-refractivity contribution < 1.29 is 14.3 Å². The Morgan fingerprint density at radius 2 is 1.34 bits per heavy atom. The summed E-state index contributed by atoms with van der Waals surface area (Å²) in [6.45, 7) is 1.78. The summed E-state index contributed by atoms with van der Waals surface area (Å²) in [5.74, 6) is 1.63. The Morgan fingerprint density at radius 1 is 0.793 bits per heavy atom. The highest BCUT2D eigenvalue weighted by molar-refractivity contribution is 5.80. The Kier molecular flexibility index (Phi) is 7.52. The maximum absolute atomic E-state index is 12.3. The van der Waals surface area contributed by atoms with E-state index in [9.17, 15) is 4.79 Å². The molecule has 3 aromatic carbocycles. The van der Waals surface area contributed by atoms with E-state index in [1.807, 2.05) is 92.0 Å². The molecule has 0 saturated carbocycles. The predicted molar refractivity (Wildman–Crippen MR) is 115 cm³/mol. The van der Waals surface area contributed by atoms with Crippen molar-refractivity contribution in [3.05, 3.63) is 90.5 Å². The van der Waals surface area contributed by atoms with Crippen LogP contribution in [-0.4, -0.2) is 37.6 Å². The van der Waals surface area contributed by atoms with Gasteiger partial charge in [-0.15, -0.1) is 0 Å². The first-order valence-corrected chi connectivity index (χ1v) is 9.63. The summed E-state index contributed by atoms with van der Waals surface area (Å²) in [6.07, 6.45) is 0. The highest BCUT2D eigenvalue weighted by Crippen LogP contribution is 2.16. The van der Waals surface area contributed by atoms with E-state index in [0.29, 0.717) is 19.8 Å². The first kappa shape index (κ1) is 20.3. The van der Waals surface area contributed by atoms with Gasteiger partial charge in [-0.25, -0.2) is 0 Å². The zero-order chi connectivity index (χ0) is 20.3. The second-order valence-corrected chi connectivity index (χ2v) is 6.62. The largest absolute Gasteiger partial charge is 0.490 e. The minimum Gasteiger partial charge on any atom is -0.490 e. The molecular weight excluding hydrogens is 364 g/mol. The van der Waals surface area contributed by atoms with E-state index in [-0.39, 0.29) is 12.5 Å². The number of rotatable bonds is 10. The number of anilines is 1. The second-order valence-electron chi connectivity index (χ2n) is 6.62. The van der Waals surface area contributed by atoms with Crippen LogP contribution in [0.3, 0.4) is 0 Å². The molecule has 0 unspecified atom stereocenters. The molecule has 1 N–H and O–H groups in total. The SMILES string of the molecule is CN(Cc1ccccc1)C(=O)CNc1ccc(OCCOc2ccccc2)cc1. The van der Waals surface area contributed by atoms with Crippen LogP contribution < -0.4 is 14.8 Å². The van der Waals surface area contributed by atoms with Crippen molar-refractivity contribution in [1.82, 2.24) is 4.90 Å². The number of hydrogen-bond acceptors (Lipinski definition) is 4. The molecule has 0 radical (unpaired) electrons. The van der Waals surface area contributed by atoms with Gasteiger partial charge in [0.15, 0.2) is 0 Å². The van der Waals surface area contributed by atoms with Gasteiger partial charge < -0.3 is 19.7 Å². The second kappa shape index (κ2) is 10.8.